The molecule has 1 amide bonds. The van der Waals surface area contributed by atoms with Crippen molar-refractivity contribution in [3.63, 3.8) is 0 Å². The Morgan fingerprint density at radius 2 is 1.31 bits per heavy atom. The number of carbonyl (C=O) groups excluding carboxylic acids is 1. The van der Waals surface area contributed by atoms with Gasteiger partial charge in [0.15, 0.2) is 0 Å². The quantitative estimate of drug-likeness (QED) is 0.502. The second-order valence-electron chi connectivity index (χ2n) is 7.32. The number of rotatable bonds is 8. The third-order valence-electron chi connectivity index (χ3n) is 5.25. The maximum atomic E-state index is 13.2. The first-order chi connectivity index (χ1) is 14.1. The van der Waals surface area contributed by atoms with Crippen LogP contribution in [0, 0.1) is 6.92 Å². The highest BCUT2D eigenvalue weighted by atomic mass is 16.2. The van der Waals surface area contributed by atoms with Gasteiger partial charge in [0, 0.05) is 24.5 Å². The number of benzene rings is 3. The molecule has 3 nitrogen and oxygen atoms in total. The molecule has 0 heterocycles. The summed E-state index contributed by atoms with van der Waals surface area (Å²) in [6.07, 6.45) is 0.395. The molecule has 0 aliphatic carbocycles. The number of hydrogen-bond donors (Lipinski definition) is 0. The van der Waals surface area contributed by atoms with Crippen molar-refractivity contribution in [3.05, 3.63) is 95.6 Å². The Morgan fingerprint density at radius 3 is 1.90 bits per heavy atom. The Hall–Kier alpha value is -3.07. The number of amides is 1. The van der Waals surface area contributed by atoms with Gasteiger partial charge in [0.05, 0.1) is 13.0 Å². The smallest absolute Gasteiger partial charge is 0.231 e. The number of hydrogen-bond acceptors (Lipinski definition) is 2. The van der Waals surface area contributed by atoms with E-state index >= 15 is 0 Å². The molecule has 3 rings (SSSR count). The van der Waals surface area contributed by atoms with Gasteiger partial charge in [-0.2, -0.15) is 0 Å². The lowest BCUT2D eigenvalue weighted by Crippen LogP contribution is -2.31. The maximum absolute atomic E-state index is 13.2. The van der Waals surface area contributed by atoms with Crippen LogP contribution in [-0.4, -0.2) is 19.0 Å². The molecule has 3 aromatic carbocycles. The van der Waals surface area contributed by atoms with E-state index in [1.807, 2.05) is 47.4 Å². The van der Waals surface area contributed by atoms with Crippen molar-refractivity contribution in [3.8, 4) is 0 Å². The van der Waals surface area contributed by atoms with Gasteiger partial charge in [-0.25, -0.2) is 0 Å². The molecule has 0 radical (unpaired) electrons. The fourth-order valence-corrected chi connectivity index (χ4v) is 3.50. The van der Waals surface area contributed by atoms with Crippen molar-refractivity contribution in [2.45, 2.75) is 33.7 Å². The highest BCUT2D eigenvalue weighted by molar-refractivity contribution is 5.94. The van der Waals surface area contributed by atoms with Crippen molar-refractivity contribution >= 4 is 17.3 Å². The van der Waals surface area contributed by atoms with E-state index in [0.29, 0.717) is 13.0 Å². The van der Waals surface area contributed by atoms with Crippen molar-refractivity contribution in [2.24, 2.45) is 0 Å². The average Bonchev–Trinajstić information content (AvgIpc) is 2.75. The number of aryl methyl sites for hydroxylation is 1. The van der Waals surface area contributed by atoms with E-state index in [-0.39, 0.29) is 5.91 Å². The van der Waals surface area contributed by atoms with Gasteiger partial charge in [0.1, 0.15) is 0 Å². The Labute approximate surface area is 174 Å². The average molecular weight is 387 g/mol. The van der Waals surface area contributed by atoms with E-state index in [4.69, 9.17) is 0 Å². The van der Waals surface area contributed by atoms with E-state index in [9.17, 15) is 4.79 Å². The molecule has 150 valence electrons. The summed E-state index contributed by atoms with van der Waals surface area (Å²) in [6.45, 7) is 8.93. The Bertz CT molecular complexity index is 898. The minimum absolute atomic E-state index is 0.105. The third kappa shape index (κ3) is 5.47. The molecular weight excluding hydrogens is 356 g/mol. The lowest BCUT2D eigenvalue weighted by Gasteiger charge is -2.25. The fourth-order valence-electron chi connectivity index (χ4n) is 3.50. The molecule has 0 saturated heterocycles. The first-order valence-corrected chi connectivity index (χ1v) is 10.4. The van der Waals surface area contributed by atoms with Crippen LogP contribution in [0.4, 0.5) is 11.4 Å². The first kappa shape index (κ1) is 20.7. The molecular formula is C26H30N2O. The van der Waals surface area contributed by atoms with E-state index in [2.05, 4.69) is 62.1 Å². The molecule has 3 heteroatoms. The zero-order chi connectivity index (χ0) is 20.6. The van der Waals surface area contributed by atoms with Crippen molar-refractivity contribution < 1.29 is 4.79 Å². The van der Waals surface area contributed by atoms with Crippen LogP contribution < -0.4 is 9.80 Å². The lowest BCUT2D eigenvalue weighted by molar-refractivity contribution is -0.118. The summed E-state index contributed by atoms with van der Waals surface area (Å²) in [5.41, 5.74) is 5.50. The summed E-state index contributed by atoms with van der Waals surface area (Å²) in [5, 5.41) is 0. The molecule has 0 N–H and O–H groups in total. The second-order valence-corrected chi connectivity index (χ2v) is 7.32. The van der Waals surface area contributed by atoms with Gasteiger partial charge in [-0.3, -0.25) is 4.79 Å². The summed E-state index contributed by atoms with van der Waals surface area (Å²) in [6, 6.07) is 26.7. The van der Waals surface area contributed by atoms with Crippen LogP contribution in [-0.2, 0) is 17.8 Å². The summed E-state index contributed by atoms with van der Waals surface area (Å²) in [7, 11) is 0. The van der Waals surface area contributed by atoms with Crippen molar-refractivity contribution in [1.82, 2.24) is 0 Å². The van der Waals surface area contributed by atoms with E-state index in [1.165, 1.54) is 11.3 Å². The number of anilines is 2. The predicted octanol–water partition coefficient (Wildman–Crippen LogP) is 5.62. The van der Waals surface area contributed by atoms with Crippen LogP contribution in [0.3, 0.4) is 0 Å². The van der Waals surface area contributed by atoms with Gasteiger partial charge < -0.3 is 9.80 Å². The Balaban J connectivity index is 1.83. The second kappa shape index (κ2) is 9.92. The Kier molecular flexibility index (Phi) is 7.07. The normalized spacial score (nSPS) is 10.6. The SMILES string of the molecule is CCN(CC)c1ccc(CN(C(=O)Cc2ccccc2)c2ccc(C)cc2)cc1. The summed E-state index contributed by atoms with van der Waals surface area (Å²) in [5.74, 6) is 0.105. The Morgan fingerprint density at radius 1 is 0.724 bits per heavy atom. The molecule has 0 fully saturated rings. The zero-order valence-corrected chi connectivity index (χ0v) is 17.6. The van der Waals surface area contributed by atoms with Crippen LogP contribution in [0.25, 0.3) is 0 Å². The van der Waals surface area contributed by atoms with Crippen LogP contribution in [0.15, 0.2) is 78.9 Å². The monoisotopic (exact) mass is 386 g/mol. The predicted molar refractivity (Wildman–Crippen MR) is 123 cm³/mol. The zero-order valence-electron chi connectivity index (χ0n) is 17.6. The summed E-state index contributed by atoms with van der Waals surface area (Å²) < 4.78 is 0. The van der Waals surface area contributed by atoms with E-state index < -0.39 is 0 Å². The van der Waals surface area contributed by atoms with Gasteiger partial charge in [0.2, 0.25) is 5.91 Å². The maximum Gasteiger partial charge on any atom is 0.231 e. The van der Waals surface area contributed by atoms with Crippen molar-refractivity contribution in [2.75, 3.05) is 22.9 Å². The van der Waals surface area contributed by atoms with Crippen LogP contribution in [0.1, 0.15) is 30.5 Å². The standard InChI is InChI=1S/C26H30N2O/c1-4-27(5-2)24-17-13-23(14-18-24)20-28(25-15-11-21(3)12-16-25)26(29)19-22-9-7-6-8-10-22/h6-18H,4-5,19-20H2,1-3H3. The lowest BCUT2D eigenvalue weighted by atomic mass is 10.1. The number of carbonyl (C=O) groups is 1. The molecule has 0 spiro atoms. The van der Waals surface area contributed by atoms with Gasteiger partial charge >= 0.3 is 0 Å². The minimum Gasteiger partial charge on any atom is -0.372 e. The fraction of sp³-hybridized carbons (Fsp3) is 0.269. The largest absolute Gasteiger partial charge is 0.372 e. The van der Waals surface area contributed by atoms with E-state index in [1.54, 1.807) is 0 Å². The highest BCUT2D eigenvalue weighted by Crippen LogP contribution is 2.22. The van der Waals surface area contributed by atoms with Crippen LogP contribution in [0.2, 0.25) is 0 Å². The van der Waals surface area contributed by atoms with Gasteiger partial charge in [-0.15, -0.1) is 0 Å². The number of nitrogens with zero attached hydrogens (tertiary/aromatic N) is 2. The van der Waals surface area contributed by atoms with E-state index in [0.717, 1.165) is 29.9 Å². The minimum atomic E-state index is 0.105. The van der Waals surface area contributed by atoms with Crippen LogP contribution >= 0.6 is 0 Å². The van der Waals surface area contributed by atoms with Gasteiger partial charge in [-0.1, -0.05) is 60.2 Å². The van der Waals surface area contributed by atoms with Gasteiger partial charge in [0.25, 0.3) is 0 Å². The molecule has 0 aromatic heterocycles. The molecule has 0 aliphatic heterocycles. The molecule has 0 bridgehead atoms. The summed E-state index contributed by atoms with van der Waals surface area (Å²) in [4.78, 5) is 17.4. The molecule has 29 heavy (non-hydrogen) atoms. The van der Waals surface area contributed by atoms with Crippen molar-refractivity contribution in [1.29, 1.82) is 0 Å². The molecule has 0 unspecified atom stereocenters. The molecule has 0 atom stereocenters. The molecule has 0 saturated carbocycles. The topological polar surface area (TPSA) is 23.6 Å². The third-order valence-corrected chi connectivity index (χ3v) is 5.25. The molecule has 0 aliphatic rings. The first-order valence-electron chi connectivity index (χ1n) is 10.4. The van der Waals surface area contributed by atoms with Gasteiger partial charge in [-0.05, 0) is 56.2 Å². The highest BCUT2D eigenvalue weighted by Gasteiger charge is 2.17. The molecule has 3 aromatic rings. The van der Waals surface area contributed by atoms with Crippen LogP contribution in [0.5, 0.6) is 0 Å². The summed E-state index contributed by atoms with van der Waals surface area (Å²) >= 11 is 0.